The molecule has 0 aliphatic rings. The van der Waals surface area contributed by atoms with Crippen LogP contribution in [-0.4, -0.2) is 60.5 Å². The summed E-state index contributed by atoms with van der Waals surface area (Å²) in [5, 5.41) is 4.96. The van der Waals surface area contributed by atoms with E-state index < -0.39 is 29.5 Å². The lowest BCUT2D eigenvalue weighted by molar-refractivity contribution is -0.159. The lowest BCUT2D eigenvalue weighted by Crippen LogP contribution is -2.47. The highest BCUT2D eigenvalue weighted by molar-refractivity contribution is 6.01. The predicted molar refractivity (Wildman–Crippen MR) is 260 cm³/mol. The summed E-state index contributed by atoms with van der Waals surface area (Å²) in [4.78, 5) is 55.0. The van der Waals surface area contributed by atoms with Crippen LogP contribution in [0.5, 0.6) is 0 Å². The van der Waals surface area contributed by atoms with Crippen LogP contribution in [0.25, 0.3) is 0 Å². The summed E-state index contributed by atoms with van der Waals surface area (Å²) < 4.78 is 22.1. The maximum atomic E-state index is 12.9. The van der Waals surface area contributed by atoms with Gasteiger partial charge in [0.15, 0.2) is 0 Å². The molecule has 0 radical (unpaired) electrons. The zero-order valence-corrected chi connectivity index (χ0v) is 41.7. The van der Waals surface area contributed by atoms with Crippen LogP contribution in [-0.2, 0) is 28.5 Å². The predicted octanol–water partition coefficient (Wildman–Crippen LogP) is 14.7. The van der Waals surface area contributed by atoms with Gasteiger partial charge in [0, 0.05) is 19.4 Å². The standard InChI is InChI=1S/C52H95N3O8/c1-9-11-13-15-17-19-21-23-25-27-29-31-33-35-37-41-46(56)60-44-45(61-47(57)42-38-36-34-32-30-28-26-24-22-20-18-16-14-12-10-2)40-39-43-53-48(54-49(58)62-51(3,4)5)55-50(59)63-52(6,7)8/h23-26,45H,9-22,27-44H2,1-8H3,(H2,53,54,55,58,59)/b25-23-,26-24-/t45-/m1/s1. The molecule has 0 fully saturated rings. The van der Waals surface area contributed by atoms with Gasteiger partial charge in [0.2, 0.25) is 5.96 Å². The highest BCUT2D eigenvalue weighted by Gasteiger charge is 2.22. The van der Waals surface area contributed by atoms with Gasteiger partial charge < -0.3 is 18.9 Å². The third-order valence-corrected chi connectivity index (χ3v) is 10.2. The van der Waals surface area contributed by atoms with Crippen LogP contribution in [0.2, 0.25) is 0 Å². The second-order valence-electron chi connectivity index (χ2n) is 19.1. The van der Waals surface area contributed by atoms with Crippen molar-refractivity contribution in [2.45, 2.75) is 265 Å². The molecule has 0 saturated carbocycles. The Morgan fingerprint density at radius 3 is 1.25 bits per heavy atom. The van der Waals surface area contributed by atoms with E-state index in [0.29, 0.717) is 25.7 Å². The molecule has 0 rings (SSSR count). The van der Waals surface area contributed by atoms with E-state index in [1.54, 1.807) is 41.5 Å². The Bertz CT molecular complexity index is 1220. The number of carbonyl (C=O) groups is 4. The van der Waals surface area contributed by atoms with Crippen LogP contribution in [0, 0.1) is 0 Å². The molecule has 63 heavy (non-hydrogen) atoms. The number of unbranched alkanes of at least 4 members (excludes halogenated alkanes) is 22. The number of nitrogens with zero attached hydrogens (tertiary/aromatic N) is 1. The molecule has 0 heterocycles. The molecular weight excluding hydrogens is 795 g/mol. The van der Waals surface area contributed by atoms with Gasteiger partial charge in [0.1, 0.15) is 23.9 Å². The molecule has 0 aromatic heterocycles. The van der Waals surface area contributed by atoms with E-state index in [1.165, 1.54) is 96.3 Å². The highest BCUT2D eigenvalue weighted by atomic mass is 16.6. The average Bonchev–Trinajstić information content (AvgIpc) is 3.19. The van der Waals surface area contributed by atoms with Crippen molar-refractivity contribution in [3.63, 3.8) is 0 Å². The van der Waals surface area contributed by atoms with Gasteiger partial charge in [-0.3, -0.25) is 25.2 Å². The maximum Gasteiger partial charge on any atom is 0.414 e. The van der Waals surface area contributed by atoms with Crippen molar-refractivity contribution in [2.75, 3.05) is 13.2 Å². The van der Waals surface area contributed by atoms with Gasteiger partial charge >= 0.3 is 24.1 Å². The zero-order chi connectivity index (χ0) is 46.9. The van der Waals surface area contributed by atoms with Gasteiger partial charge in [-0.25, -0.2) is 9.59 Å². The number of carbonyl (C=O) groups excluding carboxylic acids is 4. The summed E-state index contributed by atoms with van der Waals surface area (Å²) in [6.07, 6.45) is 39.3. The molecule has 1 atom stereocenters. The third kappa shape index (κ3) is 45.0. The van der Waals surface area contributed by atoms with E-state index in [9.17, 15) is 19.2 Å². The molecular formula is C52H95N3O8. The van der Waals surface area contributed by atoms with E-state index in [1.807, 2.05) is 0 Å². The molecule has 0 bridgehead atoms. The number of hydrogen-bond donors (Lipinski definition) is 2. The SMILES string of the molecule is CCCCCCCC/C=C\CCCCCCCC(=O)OC[C@@H](CCCN=C(NC(=O)OC(C)(C)C)NC(=O)OC(C)(C)C)OC(=O)CCCCCCC/C=C\CCCCCCCC. The van der Waals surface area contributed by atoms with E-state index in [-0.39, 0.29) is 31.0 Å². The monoisotopic (exact) mass is 890 g/mol. The fourth-order valence-electron chi connectivity index (χ4n) is 6.78. The topological polar surface area (TPSA) is 142 Å². The van der Waals surface area contributed by atoms with Gasteiger partial charge in [0.05, 0.1) is 0 Å². The average molecular weight is 890 g/mol. The number of guanidine groups is 1. The summed E-state index contributed by atoms with van der Waals surface area (Å²) in [6.45, 7) is 15.0. The summed E-state index contributed by atoms with van der Waals surface area (Å²) in [7, 11) is 0. The molecule has 0 spiro atoms. The van der Waals surface area contributed by atoms with E-state index >= 15 is 0 Å². The Morgan fingerprint density at radius 2 is 0.857 bits per heavy atom. The second kappa shape index (κ2) is 40.2. The molecule has 2 N–H and O–H groups in total. The smallest absolute Gasteiger partial charge is 0.414 e. The number of nitrogens with one attached hydrogen (secondary N) is 2. The molecule has 0 saturated heterocycles. The fourth-order valence-corrected chi connectivity index (χ4v) is 6.78. The molecule has 2 amide bonds. The first-order chi connectivity index (χ1) is 30.1. The normalized spacial score (nSPS) is 12.3. The van der Waals surface area contributed by atoms with E-state index in [0.717, 1.165) is 70.6 Å². The third-order valence-electron chi connectivity index (χ3n) is 10.2. The number of rotatable bonds is 37. The fraction of sp³-hybridized carbons (Fsp3) is 0.827. The Morgan fingerprint density at radius 1 is 0.492 bits per heavy atom. The van der Waals surface area contributed by atoms with Crippen molar-refractivity contribution < 1.29 is 38.1 Å². The zero-order valence-electron chi connectivity index (χ0n) is 41.7. The first-order valence-corrected chi connectivity index (χ1v) is 25.3. The maximum absolute atomic E-state index is 12.9. The first kappa shape index (κ1) is 59.6. The van der Waals surface area contributed by atoms with E-state index in [4.69, 9.17) is 18.9 Å². The number of amides is 2. The van der Waals surface area contributed by atoms with Crippen molar-refractivity contribution >= 4 is 30.1 Å². The van der Waals surface area contributed by atoms with Crippen LogP contribution in [0.4, 0.5) is 9.59 Å². The number of ether oxygens (including phenoxy) is 4. The van der Waals surface area contributed by atoms with Crippen molar-refractivity contribution in [3.05, 3.63) is 24.3 Å². The van der Waals surface area contributed by atoms with Gasteiger partial charge in [-0.15, -0.1) is 0 Å². The van der Waals surface area contributed by atoms with Gasteiger partial charge in [-0.1, -0.05) is 141 Å². The van der Waals surface area contributed by atoms with Crippen molar-refractivity contribution in [1.29, 1.82) is 0 Å². The number of alkyl carbamates (subject to hydrolysis) is 2. The Kier molecular flexibility index (Phi) is 38.0. The number of hydrogen-bond acceptors (Lipinski definition) is 9. The summed E-state index contributed by atoms with van der Waals surface area (Å²) >= 11 is 0. The first-order valence-electron chi connectivity index (χ1n) is 25.3. The molecule has 0 aliphatic carbocycles. The van der Waals surface area contributed by atoms with Gasteiger partial charge in [0.25, 0.3) is 0 Å². The largest absolute Gasteiger partial charge is 0.462 e. The molecule has 366 valence electrons. The second-order valence-corrected chi connectivity index (χ2v) is 19.1. The van der Waals surface area contributed by atoms with Crippen molar-refractivity contribution in [1.82, 2.24) is 10.6 Å². The minimum Gasteiger partial charge on any atom is -0.462 e. The molecule has 0 aromatic rings. The Hall–Kier alpha value is -3.37. The van der Waals surface area contributed by atoms with Crippen molar-refractivity contribution in [3.8, 4) is 0 Å². The lowest BCUT2D eigenvalue weighted by Gasteiger charge is -2.22. The molecule has 0 aromatic carbocycles. The minimum atomic E-state index is -0.780. The lowest BCUT2D eigenvalue weighted by atomic mass is 10.1. The van der Waals surface area contributed by atoms with Crippen LogP contribution < -0.4 is 10.6 Å². The summed E-state index contributed by atoms with van der Waals surface area (Å²) in [6, 6.07) is 0. The quantitative estimate of drug-likeness (QED) is 0.0157. The van der Waals surface area contributed by atoms with Crippen molar-refractivity contribution in [2.24, 2.45) is 4.99 Å². The number of esters is 2. The van der Waals surface area contributed by atoms with Crippen LogP contribution in [0.1, 0.15) is 248 Å². The summed E-state index contributed by atoms with van der Waals surface area (Å²) in [5.41, 5.74) is -1.52. The molecule has 0 unspecified atom stereocenters. The molecule has 11 heteroatoms. The van der Waals surface area contributed by atoms with Gasteiger partial charge in [-0.05, 0) is 119 Å². The summed E-state index contributed by atoms with van der Waals surface area (Å²) in [5.74, 6) is -0.731. The number of aliphatic imine (C=N–C) groups is 1. The van der Waals surface area contributed by atoms with Crippen LogP contribution >= 0.6 is 0 Å². The van der Waals surface area contributed by atoms with Crippen LogP contribution in [0.3, 0.4) is 0 Å². The Labute approximate surface area is 385 Å². The van der Waals surface area contributed by atoms with Crippen LogP contribution in [0.15, 0.2) is 29.3 Å². The van der Waals surface area contributed by atoms with Gasteiger partial charge in [-0.2, -0.15) is 0 Å². The molecule has 0 aliphatic heterocycles. The number of allylic oxidation sites excluding steroid dienone is 4. The molecule has 11 nitrogen and oxygen atoms in total. The highest BCUT2D eigenvalue weighted by Crippen LogP contribution is 2.15. The Balaban J connectivity index is 4.94. The minimum absolute atomic E-state index is 0.0368. The van der Waals surface area contributed by atoms with E-state index in [2.05, 4.69) is 53.8 Å².